The molecular formula is C11H14FN. The van der Waals surface area contributed by atoms with Crippen molar-refractivity contribution >= 4 is 0 Å². The van der Waals surface area contributed by atoms with E-state index in [9.17, 15) is 4.39 Å². The molecule has 1 aromatic rings. The van der Waals surface area contributed by atoms with E-state index in [0.717, 1.165) is 18.5 Å². The van der Waals surface area contributed by atoms with E-state index in [1.807, 2.05) is 12.1 Å². The summed E-state index contributed by atoms with van der Waals surface area (Å²) in [6.07, 6.45) is 3.22. The zero-order valence-corrected chi connectivity index (χ0v) is 7.59. The molecule has 0 saturated carbocycles. The summed E-state index contributed by atoms with van der Waals surface area (Å²) in [6, 6.07) is 7.52. The molecule has 1 heterocycles. The van der Waals surface area contributed by atoms with Gasteiger partial charge in [0.25, 0.3) is 0 Å². The number of benzene rings is 1. The standard InChI is InChI=1S/C11H14FN/c12-11-6-2-1-4-9(11)8-10-5-3-7-13-10/h1-2,4,6,10,13H,3,5,7-8H2. The summed E-state index contributed by atoms with van der Waals surface area (Å²) in [7, 11) is 0. The van der Waals surface area contributed by atoms with Gasteiger partial charge in [0.1, 0.15) is 5.82 Å². The van der Waals surface area contributed by atoms with E-state index in [0.29, 0.717) is 6.04 Å². The Bertz CT molecular complexity index is 279. The van der Waals surface area contributed by atoms with Crippen molar-refractivity contribution in [3.63, 3.8) is 0 Å². The van der Waals surface area contributed by atoms with Crippen LogP contribution in [0.1, 0.15) is 18.4 Å². The minimum atomic E-state index is -0.0730. The predicted octanol–water partition coefficient (Wildman–Crippen LogP) is 2.12. The van der Waals surface area contributed by atoms with E-state index in [2.05, 4.69) is 5.32 Å². The fraction of sp³-hybridized carbons (Fsp3) is 0.455. The summed E-state index contributed by atoms with van der Waals surface area (Å²) in [5, 5.41) is 3.37. The first kappa shape index (κ1) is 8.70. The van der Waals surface area contributed by atoms with E-state index in [4.69, 9.17) is 0 Å². The van der Waals surface area contributed by atoms with Gasteiger partial charge in [0.15, 0.2) is 0 Å². The molecule has 0 spiro atoms. The summed E-state index contributed by atoms with van der Waals surface area (Å²) in [6.45, 7) is 1.08. The number of hydrogen-bond donors (Lipinski definition) is 1. The average Bonchev–Trinajstić information content (AvgIpc) is 2.61. The van der Waals surface area contributed by atoms with Crippen LogP contribution in [0.2, 0.25) is 0 Å². The molecular weight excluding hydrogens is 165 g/mol. The van der Waals surface area contributed by atoms with Crippen molar-refractivity contribution in [3.05, 3.63) is 35.6 Å². The monoisotopic (exact) mass is 179 g/mol. The van der Waals surface area contributed by atoms with Gasteiger partial charge in [0, 0.05) is 6.04 Å². The van der Waals surface area contributed by atoms with Gasteiger partial charge in [0.05, 0.1) is 0 Å². The summed E-state index contributed by atoms with van der Waals surface area (Å²) >= 11 is 0. The zero-order chi connectivity index (χ0) is 9.10. The van der Waals surface area contributed by atoms with E-state index < -0.39 is 0 Å². The number of halogens is 1. The maximum Gasteiger partial charge on any atom is 0.126 e. The molecule has 2 heteroatoms. The Labute approximate surface area is 78.0 Å². The molecule has 0 bridgehead atoms. The summed E-state index contributed by atoms with van der Waals surface area (Å²) < 4.78 is 13.2. The van der Waals surface area contributed by atoms with Gasteiger partial charge in [-0.25, -0.2) is 4.39 Å². The molecule has 1 unspecified atom stereocenters. The highest BCUT2D eigenvalue weighted by atomic mass is 19.1. The largest absolute Gasteiger partial charge is 0.314 e. The molecule has 1 nitrogen and oxygen atoms in total. The molecule has 0 aromatic heterocycles. The highest BCUT2D eigenvalue weighted by Crippen LogP contribution is 2.14. The molecule has 1 N–H and O–H groups in total. The maximum absolute atomic E-state index is 13.2. The van der Waals surface area contributed by atoms with Gasteiger partial charge in [-0.05, 0) is 37.4 Å². The van der Waals surface area contributed by atoms with Crippen LogP contribution in [0.25, 0.3) is 0 Å². The van der Waals surface area contributed by atoms with Gasteiger partial charge in [-0.1, -0.05) is 18.2 Å². The number of rotatable bonds is 2. The summed E-state index contributed by atoms with van der Waals surface area (Å²) in [5.74, 6) is -0.0730. The van der Waals surface area contributed by atoms with Crippen LogP contribution in [0, 0.1) is 5.82 Å². The third-order valence-electron chi connectivity index (χ3n) is 2.59. The minimum Gasteiger partial charge on any atom is -0.314 e. The van der Waals surface area contributed by atoms with Gasteiger partial charge in [0.2, 0.25) is 0 Å². The molecule has 1 atom stereocenters. The fourth-order valence-electron chi connectivity index (χ4n) is 1.86. The SMILES string of the molecule is Fc1ccccc1CC1CCCN1. The Morgan fingerprint density at radius 2 is 2.23 bits per heavy atom. The number of hydrogen-bond acceptors (Lipinski definition) is 1. The second-order valence-electron chi connectivity index (χ2n) is 3.59. The molecule has 1 saturated heterocycles. The Hall–Kier alpha value is -0.890. The second-order valence-corrected chi connectivity index (χ2v) is 3.59. The Morgan fingerprint density at radius 1 is 1.38 bits per heavy atom. The summed E-state index contributed by atoms with van der Waals surface area (Å²) in [5.41, 5.74) is 0.835. The lowest BCUT2D eigenvalue weighted by Gasteiger charge is -2.10. The van der Waals surface area contributed by atoms with Crippen LogP contribution in [0.3, 0.4) is 0 Å². The van der Waals surface area contributed by atoms with Crippen molar-refractivity contribution in [3.8, 4) is 0 Å². The van der Waals surface area contributed by atoms with Crippen molar-refractivity contribution in [2.24, 2.45) is 0 Å². The average molecular weight is 179 g/mol. The second kappa shape index (κ2) is 3.88. The first-order chi connectivity index (χ1) is 6.36. The minimum absolute atomic E-state index is 0.0730. The van der Waals surface area contributed by atoms with Crippen LogP contribution in [-0.4, -0.2) is 12.6 Å². The molecule has 13 heavy (non-hydrogen) atoms. The van der Waals surface area contributed by atoms with Gasteiger partial charge in [-0.15, -0.1) is 0 Å². The van der Waals surface area contributed by atoms with E-state index in [1.54, 1.807) is 6.07 Å². The molecule has 0 radical (unpaired) electrons. The first-order valence-corrected chi connectivity index (χ1v) is 4.83. The molecule has 0 amide bonds. The fourth-order valence-corrected chi connectivity index (χ4v) is 1.86. The van der Waals surface area contributed by atoms with Crippen LogP contribution >= 0.6 is 0 Å². The van der Waals surface area contributed by atoms with E-state index in [-0.39, 0.29) is 5.82 Å². The molecule has 1 aliphatic rings. The maximum atomic E-state index is 13.2. The number of nitrogens with one attached hydrogen (secondary N) is 1. The van der Waals surface area contributed by atoms with Crippen LogP contribution in [0.4, 0.5) is 4.39 Å². The first-order valence-electron chi connectivity index (χ1n) is 4.83. The molecule has 1 fully saturated rings. The smallest absolute Gasteiger partial charge is 0.126 e. The van der Waals surface area contributed by atoms with Crippen molar-refractivity contribution < 1.29 is 4.39 Å². The van der Waals surface area contributed by atoms with Crippen LogP contribution < -0.4 is 5.32 Å². The predicted molar refractivity (Wildman–Crippen MR) is 51.1 cm³/mol. The van der Waals surface area contributed by atoms with Crippen LogP contribution in [0.15, 0.2) is 24.3 Å². The highest BCUT2D eigenvalue weighted by Gasteiger charge is 2.15. The quantitative estimate of drug-likeness (QED) is 0.733. The van der Waals surface area contributed by atoms with Crippen LogP contribution in [0.5, 0.6) is 0 Å². The summed E-state index contributed by atoms with van der Waals surface area (Å²) in [4.78, 5) is 0. The zero-order valence-electron chi connectivity index (χ0n) is 7.59. The van der Waals surface area contributed by atoms with Gasteiger partial charge < -0.3 is 5.32 Å². The Morgan fingerprint density at radius 3 is 2.92 bits per heavy atom. The lowest BCUT2D eigenvalue weighted by atomic mass is 10.0. The Balaban J connectivity index is 2.04. The highest BCUT2D eigenvalue weighted by molar-refractivity contribution is 5.18. The third-order valence-corrected chi connectivity index (χ3v) is 2.59. The van der Waals surface area contributed by atoms with Gasteiger partial charge >= 0.3 is 0 Å². The lowest BCUT2D eigenvalue weighted by Crippen LogP contribution is -2.23. The third kappa shape index (κ3) is 2.07. The van der Waals surface area contributed by atoms with Gasteiger partial charge in [-0.2, -0.15) is 0 Å². The van der Waals surface area contributed by atoms with Crippen LogP contribution in [-0.2, 0) is 6.42 Å². The molecule has 0 aliphatic carbocycles. The molecule has 1 aromatic carbocycles. The topological polar surface area (TPSA) is 12.0 Å². The van der Waals surface area contributed by atoms with Crippen molar-refractivity contribution in [1.29, 1.82) is 0 Å². The van der Waals surface area contributed by atoms with E-state index >= 15 is 0 Å². The van der Waals surface area contributed by atoms with Gasteiger partial charge in [-0.3, -0.25) is 0 Å². The lowest BCUT2D eigenvalue weighted by molar-refractivity contribution is 0.560. The van der Waals surface area contributed by atoms with Crippen molar-refractivity contribution in [2.75, 3.05) is 6.54 Å². The molecule has 1 aliphatic heterocycles. The Kier molecular flexibility index (Phi) is 2.60. The normalized spacial score (nSPS) is 22.1. The van der Waals surface area contributed by atoms with Crippen molar-refractivity contribution in [1.82, 2.24) is 5.32 Å². The van der Waals surface area contributed by atoms with E-state index in [1.165, 1.54) is 18.9 Å². The van der Waals surface area contributed by atoms with Crippen molar-refractivity contribution in [2.45, 2.75) is 25.3 Å². The molecule has 2 rings (SSSR count). The molecule has 70 valence electrons.